The Kier molecular flexibility index (Phi) is 5.80. The number of amides is 2. The summed E-state index contributed by atoms with van der Waals surface area (Å²) >= 11 is 0. The average Bonchev–Trinajstić information content (AvgIpc) is 2.80. The minimum absolute atomic E-state index is 0.00695. The van der Waals surface area contributed by atoms with E-state index >= 15 is 0 Å². The molecule has 5 heteroatoms. The fourth-order valence-corrected chi connectivity index (χ4v) is 1.86. The van der Waals surface area contributed by atoms with Crippen LogP contribution in [0, 0.1) is 0 Å². The third-order valence-electron chi connectivity index (χ3n) is 2.85. The van der Waals surface area contributed by atoms with E-state index in [0.29, 0.717) is 19.4 Å². The van der Waals surface area contributed by atoms with Gasteiger partial charge in [-0.3, -0.25) is 4.79 Å². The Morgan fingerprint density at radius 1 is 1.35 bits per heavy atom. The summed E-state index contributed by atoms with van der Waals surface area (Å²) in [6.45, 7) is 5.80. The molecule has 0 aromatic carbocycles. The summed E-state index contributed by atoms with van der Waals surface area (Å²) < 4.78 is 4.83. The van der Waals surface area contributed by atoms with E-state index < -0.39 is 0 Å². The largest absolute Gasteiger partial charge is 0.466 e. The highest BCUT2D eigenvalue weighted by Crippen LogP contribution is 2.08. The maximum Gasteiger partial charge on any atom is 0.317 e. The van der Waals surface area contributed by atoms with Gasteiger partial charge < -0.3 is 15.0 Å². The number of rotatable bonds is 5. The SMILES string of the molecule is CCOC(=O)CC[C@H](C)NC(=O)N1CCCC1. The van der Waals surface area contributed by atoms with Gasteiger partial charge in [0.25, 0.3) is 0 Å². The van der Waals surface area contributed by atoms with Gasteiger partial charge in [0.05, 0.1) is 6.61 Å². The maximum absolute atomic E-state index is 11.7. The van der Waals surface area contributed by atoms with Crippen molar-refractivity contribution in [1.82, 2.24) is 10.2 Å². The van der Waals surface area contributed by atoms with Crippen molar-refractivity contribution in [3.8, 4) is 0 Å². The van der Waals surface area contributed by atoms with Gasteiger partial charge in [0, 0.05) is 25.6 Å². The zero-order valence-corrected chi connectivity index (χ0v) is 10.7. The number of likely N-dealkylation sites (tertiary alicyclic amines) is 1. The summed E-state index contributed by atoms with van der Waals surface area (Å²) in [6, 6.07) is -0.00800. The van der Waals surface area contributed by atoms with E-state index in [-0.39, 0.29) is 18.0 Å². The molecule has 2 amide bonds. The van der Waals surface area contributed by atoms with Gasteiger partial charge in [-0.05, 0) is 33.1 Å². The lowest BCUT2D eigenvalue weighted by Gasteiger charge is -2.20. The van der Waals surface area contributed by atoms with Gasteiger partial charge in [0.1, 0.15) is 0 Å². The zero-order chi connectivity index (χ0) is 12.7. The van der Waals surface area contributed by atoms with Crippen LogP contribution >= 0.6 is 0 Å². The molecule has 0 aromatic heterocycles. The number of hydrogen-bond donors (Lipinski definition) is 1. The fraction of sp³-hybridized carbons (Fsp3) is 0.833. The summed E-state index contributed by atoms with van der Waals surface area (Å²) in [5.41, 5.74) is 0. The number of esters is 1. The molecule has 0 aromatic rings. The summed E-state index contributed by atoms with van der Waals surface area (Å²) in [4.78, 5) is 24.7. The van der Waals surface area contributed by atoms with E-state index in [9.17, 15) is 9.59 Å². The lowest BCUT2D eigenvalue weighted by atomic mass is 10.2. The minimum Gasteiger partial charge on any atom is -0.466 e. The molecule has 1 N–H and O–H groups in total. The first-order valence-corrected chi connectivity index (χ1v) is 6.34. The molecule has 0 unspecified atom stereocenters. The Labute approximate surface area is 102 Å². The highest BCUT2D eigenvalue weighted by Gasteiger charge is 2.19. The number of carbonyl (C=O) groups excluding carboxylic acids is 2. The first-order chi connectivity index (χ1) is 8.13. The monoisotopic (exact) mass is 242 g/mol. The van der Waals surface area contributed by atoms with Crippen molar-refractivity contribution in [2.45, 2.75) is 45.6 Å². The molecule has 0 radical (unpaired) electrons. The third kappa shape index (κ3) is 5.06. The van der Waals surface area contributed by atoms with Crippen LogP contribution < -0.4 is 5.32 Å². The maximum atomic E-state index is 11.7. The van der Waals surface area contributed by atoms with Crippen LogP contribution in [0.5, 0.6) is 0 Å². The summed E-state index contributed by atoms with van der Waals surface area (Å²) in [7, 11) is 0. The third-order valence-corrected chi connectivity index (χ3v) is 2.85. The predicted octanol–water partition coefficient (Wildman–Crippen LogP) is 1.52. The van der Waals surface area contributed by atoms with E-state index in [1.54, 1.807) is 6.92 Å². The Hall–Kier alpha value is -1.26. The van der Waals surface area contributed by atoms with Gasteiger partial charge in [0.2, 0.25) is 0 Å². The predicted molar refractivity (Wildman–Crippen MR) is 64.7 cm³/mol. The molecule has 1 heterocycles. The molecule has 1 atom stereocenters. The molecular formula is C12H22N2O3. The fourth-order valence-electron chi connectivity index (χ4n) is 1.86. The summed E-state index contributed by atoms with van der Waals surface area (Å²) in [6.07, 6.45) is 3.16. The molecule has 0 saturated carbocycles. The highest BCUT2D eigenvalue weighted by atomic mass is 16.5. The average molecular weight is 242 g/mol. The van der Waals surface area contributed by atoms with Crippen molar-refractivity contribution < 1.29 is 14.3 Å². The number of hydrogen-bond acceptors (Lipinski definition) is 3. The number of carbonyl (C=O) groups is 2. The van der Waals surface area contributed by atoms with Crippen molar-refractivity contribution in [1.29, 1.82) is 0 Å². The first-order valence-electron chi connectivity index (χ1n) is 6.34. The van der Waals surface area contributed by atoms with Crippen LogP contribution in [0.25, 0.3) is 0 Å². The van der Waals surface area contributed by atoms with Crippen LogP contribution in [0.3, 0.4) is 0 Å². The Morgan fingerprint density at radius 3 is 2.59 bits per heavy atom. The van der Waals surface area contributed by atoms with Crippen molar-refractivity contribution in [3.05, 3.63) is 0 Å². The van der Waals surface area contributed by atoms with Crippen LogP contribution in [0.2, 0.25) is 0 Å². The zero-order valence-electron chi connectivity index (χ0n) is 10.7. The Bertz CT molecular complexity index is 262. The molecule has 1 aliphatic heterocycles. The van der Waals surface area contributed by atoms with Crippen LogP contribution in [0.15, 0.2) is 0 Å². The standard InChI is InChI=1S/C12H22N2O3/c1-3-17-11(15)7-6-10(2)13-12(16)14-8-4-5-9-14/h10H,3-9H2,1-2H3,(H,13,16)/t10-/m0/s1. The van der Waals surface area contributed by atoms with E-state index in [1.165, 1.54) is 0 Å². The summed E-state index contributed by atoms with van der Waals surface area (Å²) in [5, 5.41) is 2.90. The molecule has 0 aliphatic carbocycles. The second-order valence-electron chi connectivity index (χ2n) is 4.39. The van der Waals surface area contributed by atoms with Gasteiger partial charge in [-0.15, -0.1) is 0 Å². The van der Waals surface area contributed by atoms with Gasteiger partial charge in [-0.1, -0.05) is 0 Å². The molecular weight excluding hydrogens is 220 g/mol. The normalized spacial score (nSPS) is 16.7. The lowest BCUT2D eigenvalue weighted by molar-refractivity contribution is -0.143. The minimum atomic E-state index is -0.199. The topological polar surface area (TPSA) is 58.6 Å². The lowest BCUT2D eigenvalue weighted by Crippen LogP contribution is -2.42. The van der Waals surface area contributed by atoms with Crippen LogP contribution in [0.1, 0.15) is 39.5 Å². The van der Waals surface area contributed by atoms with Crippen molar-refractivity contribution in [3.63, 3.8) is 0 Å². The first kappa shape index (κ1) is 13.8. The molecule has 98 valence electrons. The number of ether oxygens (including phenoxy) is 1. The quantitative estimate of drug-likeness (QED) is 0.744. The number of nitrogens with zero attached hydrogens (tertiary/aromatic N) is 1. The second-order valence-corrected chi connectivity index (χ2v) is 4.39. The van der Waals surface area contributed by atoms with Gasteiger partial charge in [-0.2, -0.15) is 0 Å². The van der Waals surface area contributed by atoms with E-state index in [0.717, 1.165) is 25.9 Å². The molecule has 1 fully saturated rings. The second kappa shape index (κ2) is 7.14. The van der Waals surface area contributed by atoms with Crippen LogP contribution in [-0.2, 0) is 9.53 Å². The molecule has 17 heavy (non-hydrogen) atoms. The van der Waals surface area contributed by atoms with Crippen molar-refractivity contribution in [2.24, 2.45) is 0 Å². The van der Waals surface area contributed by atoms with Crippen LogP contribution in [-0.4, -0.2) is 42.6 Å². The Balaban J connectivity index is 2.17. The van der Waals surface area contributed by atoms with E-state index in [1.807, 2.05) is 11.8 Å². The van der Waals surface area contributed by atoms with Gasteiger partial charge in [0.15, 0.2) is 0 Å². The highest BCUT2D eigenvalue weighted by molar-refractivity contribution is 5.75. The Morgan fingerprint density at radius 2 is 2.00 bits per heavy atom. The van der Waals surface area contributed by atoms with Gasteiger partial charge >= 0.3 is 12.0 Å². The number of urea groups is 1. The molecule has 1 saturated heterocycles. The van der Waals surface area contributed by atoms with Gasteiger partial charge in [-0.25, -0.2) is 4.79 Å². The van der Waals surface area contributed by atoms with E-state index in [4.69, 9.17) is 4.74 Å². The smallest absolute Gasteiger partial charge is 0.317 e. The molecule has 0 spiro atoms. The van der Waals surface area contributed by atoms with Crippen LogP contribution in [0.4, 0.5) is 4.79 Å². The van der Waals surface area contributed by atoms with Crippen molar-refractivity contribution in [2.75, 3.05) is 19.7 Å². The number of nitrogens with one attached hydrogen (secondary N) is 1. The summed E-state index contributed by atoms with van der Waals surface area (Å²) in [5.74, 6) is -0.199. The molecule has 0 bridgehead atoms. The molecule has 1 rings (SSSR count). The molecule has 1 aliphatic rings. The van der Waals surface area contributed by atoms with E-state index in [2.05, 4.69) is 5.32 Å². The molecule has 5 nitrogen and oxygen atoms in total. The van der Waals surface area contributed by atoms with Crippen molar-refractivity contribution >= 4 is 12.0 Å².